The van der Waals surface area contributed by atoms with Crippen LogP contribution < -0.4 is 5.73 Å². The maximum absolute atomic E-state index is 11.9. The SMILES string of the molecule is CC1(C)[C@@H]2C[C@H]1[C@@](C)(C#N)C(N)C2=O. The number of hydrogen-bond acceptors (Lipinski definition) is 3. The van der Waals surface area contributed by atoms with Gasteiger partial charge in [-0.3, -0.25) is 4.79 Å². The van der Waals surface area contributed by atoms with Crippen LogP contribution in [0.2, 0.25) is 0 Å². The third-order valence-electron chi connectivity index (χ3n) is 4.53. The van der Waals surface area contributed by atoms with Crippen LogP contribution in [0, 0.1) is 34.0 Å². The molecule has 3 heteroatoms. The van der Waals surface area contributed by atoms with Crippen LogP contribution in [0.1, 0.15) is 27.2 Å². The molecule has 3 nitrogen and oxygen atoms in total. The van der Waals surface area contributed by atoms with Crippen molar-refractivity contribution in [3.05, 3.63) is 0 Å². The molecule has 3 aliphatic carbocycles. The second-order valence-corrected chi connectivity index (χ2v) is 5.44. The van der Waals surface area contributed by atoms with Gasteiger partial charge >= 0.3 is 0 Å². The van der Waals surface area contributed by atoms with Crippen LogP contribution in [0.15, 0.2) is 0 Å². The first-order chi connectivity index (χ1) is 6.35. The van der Waals surface area contributed by atoms with E-state index < -0.39 is 11.5 Å². The number of fused-ring (bicyclic) bond motifs is 2. The average molecular weight is 192 g/mol. The summed E-state index contributed by atoms with van der Waals surface area (Å²) in [5.74, 6) is 0.447. The Morgan fingerprint density at radius 2 is 2.07 bits per heavy atom. The first kappa shape index (κ1) is 9.67. The molecule has 1 unspecified atom stereocenters. The summed E-state index contributed by atoms with van der Waals surface area (Å²) in [4.78, 5) is 11.9. The number of rotatable bonds is 0. The van der Waals surface area contributed by atoms with Gasteiger partial charge in [0.25, 0.3) is 0 Å². The largest absolute Gasteiger partial charge is 0.320 e. The number of carbonyl (C=O) groups is 1. The lowest BCUT2D eigenvalue weighted by Crippen LogP contribution is -2.69. The first-order valence-electron chi connectivity index (χ1n) is 5.06. The number of hydrogen-bond donors (Lipinski definition) is 1. The van der Waals surface area contributed by atoms with Crippen LogP contribution in [-0.4, -0.2) is 11.8 Å². The molecule has 0 radical (unpaired) electrons. The van der Waals surface area contributed by atoms with Crippen molar-refractivity contribution in [1.82, 2.24) is 0 Å². The Morgan fingerprint density at radius 1 is 1.50 bits per heavy atom. The van der Waals surface area contributed by atoms with Gasteiger partial charge in [-0.25, -0.2) is 0 Å². The second kappa shape index (κ2) is 2.38. The topological polar surface area (TPSA) is 66.9 Å². The van der Waals surface area contributed by atoms with E-state index in [9.17, 15) is 10.1 Å². The van der Waals surface area contributed by atoms with Crippen LogP contribution in [0.25, 0.3) is 0 Å². The molecule has 3 fully saturated rings. The zero-order valence-electron chi connectivity index (χ0n) is 8.87. The maximum atomic E-state index is 11.9. The Morgan fingerprint density at radius 3 is 2.50 bits per heavy atom. The lowest BCUT2D eigenvalue weighted by atomic mass is 9.40. The molecule has 3 saturated carbocycles. The molecule has 3 aliphatic rings. The van der Waals surface area contributed by atoms with E-state index in [0.717, 1.165) is 6.42 Å². The number of nitriles is 1. The van der Waals surface area contributed by atoms with Crippen molar-refractivity contribution in [2.45, 2.75) is 33.2 Å². The fourth-order valence-corrected chi connectivity index (χ4v) is 3.30. The van der Waals surface area contributed by atoms with Crippen molar-refractivity contribution in [3.63, 3.8) is 0 Å². The number of carbonyl (C=O) groups excluding carboxylic acids is 1. The molecule has 0 aromatic carbocycles. The Kier molecular flexibility index (Phi) is 1.64. The summed E-state index contributed by atoms with van der Waals surface area (Å²) in [6.45, 7) is 5.98. The van der Waals surface area contributed by atoms with Crippen molar-refractivity contribution >= 4 is 5.78 Å². The molecule has 0 spiro atoms. The molecular formula is C11H16N2O. The minimum atomic E-state index is -0.657. The van der Waals surface area contributed by atoms with Gasteiger partial charge in [0, 0.05) is 5.92 Å². The minimum absolute atomic E-state index is 0.0303. The fraction of sp³-hybridized carbons (Fsp3) is 0.818. The molecule has 0 saturated heterocycles. The predicted molar refractivity (Wildman–Crippen MR) is 52.1 cm³/mol. The maximum Gasteiger partial charge on any atom is 0.154 e. The van der Waals surface area contributed by atoms with Crippen LogP contribution in [0.4, 0.5) is 0 Å². The highest BCUT2D eigenvalue weighted by Crippen LogP contribution is 2.63. The van der Waals surface area contributed by atoms with Gasteiger partial charge in [0.2, 0.25) is 0 Å². The van der Waals surface area contributed by atoms with E-state index in [0.29, 0.717) is 0 Å². The predicted octanol–water partition coefficient (Wildman–Crippen LogP) is 1.09. The zero-order valence-corrected chi connectivity index (χ0v) is 8.87. The molecule has 0 heterocycles. The third kappa shape index (κ3) is 0.784. The van der Waals surface area contributed by atoms with Gasteiger partial charge in [0.05, 0.1) is 17.5 Å². The van der Waals surface area contributed by atoms with Crippen molar-refractivity contribution in [1.29, 1.82) is 5.26 Å². The highest BCUT2D eigenvalue weighted by atomic mass is 16.1. The Hall–Kier alpha value is -0.880. The van der Waals surface area contributed by atoms with E-state index in [4.69, 9.17) is 5.73 Å². The van der Waals surface area contributed by atoms with Gasteiger partial charge in [-0.15, -0.1) is 0 Å². The van der Waals surface area contributed by atoms with Crippen molar-refractivity contribution in [2.24, 2.45) is 28.4 Å². The average Bonchev–Trinajstić information content (AvgIpc) is 2.12. The first-order valence-corrected chi connectivity index (χ1v) is 5.06. The molecule has 0 amide bonds. The normalized spacial score (nSPS) is 49.4. The van der Waals surface area contributed by atoms with Gasteiger partial charge in [0.1, 0.15) is 0 Å². The molecule has 0 aliphatic heterocycles. The molecule has 2 bridgehead atoms. The lowest BCUT2D eigenvalue weighted by molar-refractivity contribution is -0.169. The van der Waals surface area contributed by atoms with Crippen LogP contribution in [-0.2, 0) is 4.79 Å². The van der Waals surface area contributed by atoms with Gasteiger partial charge in [-0.2, -0.15) is 5.26 Å². The van der Waals surface area contributed by atoms with E-state index in [1.54, 1.807) is 0 Å². The van der Waals surface area contributed by atoms with Gasteiger partial charge in [-0.1, -0.05) is 13.8 Å². The molecular weight excluding hydrogens is 176 g/mol. The number of nitrogens with two attached hydrogens (primary N) is 1. The van der Waals surface area contributed by atoms with E-state index in [1.807, 2.05) is 6.92 Å². The Labute approximate surface area is 84.3 Å². The molecule has 14 heavy (non-hydrogen) atoms. The monoisotopic (exact) mass is 192 g/mol. The second-order valence-electron chi connectivity index (χ2n) is 5.44. The Bertz CT molecular complexity index is 342. The van der Waals surface area contributed by atoms with Crippen LogP contribution in [0.3, 0.4) is 0 Å². The highest BCUT2D eigenvalue weighted by molar-refractivity contribution is 5.91. The summed E-state index contributed by atoms with van der Waals surface area (Å²) in [6.07, 6.45) is 0.851. The number of nitrogens with zero attached hydrogens (tertiary/aromatic N) is 1. The van der Waals surface area contributed by atoms with Gasteiger partial charge in [-0.05, 0) is 24.7 Å². The summed E-state index contributed by atoms with van der Waals surface area (Å²) in [5.41, 5.74) is 5.15. The van der Waals surface area contributed by atoms with Crippen LogP contribution in [0.5, 0.6) is 0 Å². The molecule has 0 aromatic rings. The lowest BCUT2D eigenvalue weighted by Gasteiger charge is -2.62. The van der Waals surface area contributed by atoms with E-state index in [-0.39, 0.29) is 23.0 Å². The van der Waals surface area contributed by atoms with Gasteiger partial charge < -0.3 is 5.73 Å². The molecule has 4 atom stereocenters. The van der Waals surface area contributed by atoms with Crippen LogP contribution >= 0.6 is 0 Å². The third-order valence-corrected chi connectivity index (χ3v) is 4.53. The summed E-state index contributed by atoms with van der Waals surface area (Å²) in [6, 6.07) is 1.68. The van der Waals surface area contributed by atoms with Gasteiger partial charge in [0.15, 0.2) is 5.78 Å². The highest BCUT2D eigenvalue weighted by Gasteiger charge is 2.66. The number of ketones is 1. The van der Waals surface area contributed by atoms with E-state index >= 15 is 0 Å². The molecule has 2 N–H and O–H groups in total. The zero-order chi connectivity index (χ0) is 10.7. The van der Waals surface area contributed by atoms with E-state index in [2.05, 4.69) is 19.9 Å². The van der Waals surface area contributed by atoms with Crippen molar-refractivity contribution < 1.29 is 4.79 Å². The quantitative estimate of drug-likeness (QED) is 0.624. The van der Waals surface area contributed by atoms with Crippen molar-refractivity contribution in [2.75, 3.05) is 0 Å². The Balaban J connectivity index is 2.46. The summed E-state index contributed by atoms with van der Waals surface area (Å²) in [5, 5.41) is 9.18. The van der Waals surface area contributed by atoms with E-state index in [1.165, 1.54) is 0 Å². The number of Topliss-reactive ketones (excluding diaryl/α,β-unsaturated/α-hetero) is 1. The molecule has 0 aromatic heterocycles. The fourth-order valence-electron chi connectivity index (χ4n) is 3.30. The smallest absolute Gasteiger partial charge is 0.154 e. The molecule has 76 valence electrons. The summed E-state index contributed by atoms with van der Waals surface area (Å²) >= 11 is 0. The minimum Gasteiger partial charge on any atom is -0.320 e. The van der Waals surface area contributed by atoms with Crippen molar-refractivity contribution in [3.8, 4) is 6.07 Å². The molecule has 3 rings (SSSR count). The summed E-state index contributed by atoms with van der Waals surface area (Å²) < 4.78 is 0. The standard InChI is InChI=1S/C11H16N2O/c1-10(2)6-4-7(10)11(3,5-12)9(13)8(6)14/h6-7,9H,4,13H2,1-3H3/t6-,7-,9?,11-/m1/s1. The summed E-state index contributed by atoms with van der Waals surface area (Å²) in [7, 11) is 0.